The van der Waals surface area contributed by atoms with Gasteiger partial charge in [0.25, 0.3) is 5.91 Å². The lowest BCUT2D eigenvalue weighted by atomic mass is 10.0. The maximum atomic E-state index is 12.9. The molecule has 1 amide bonds. The Bertz CT molecular complexity index is 1330. The molecule has 36 heavy (non-hydrogen) atoms. The van der Waals surface area contributed by atoms with Crippen molar-refractivity contribution in [3.63, 3.8) is 0 Å². The van der Waals surface area contributed by atoms with Crippen molar-refractivity contribution < 1.29 is 14.3 Å². The van der Waals surface area contributed by atoms with Crippen molar-refractivity contribution in [1.82, 2.24) is 0 Å². The number of hydrogen-bond acceptors (Lipinski definition) is 4. The van der Waals surface area contributed by atoms with Gasteiger partial charge in [-0.05, 0) is 102 Å². The van der Waals surface area contributed by atoms with Crippen LogP contribution in [-0.2, 0) is 17.8 Å². The number of rotatable bonds is 10. The Labute approximate surface area is 230 Å². The van der Waals surface area contributed by atoms with E-state index in [4.69, 9.17) is 21.1 Å². The third-order valence-corrected chi connectivity index (χ3v) is 6.44. The summed E-state index contributed by atoms with van der Waals surface area (Å²) < 4.78 is 13.2. The van der Waals surface area contributed by atoms with Gasteiger partial charge in [0, 0.05) is 19.8 Å². The standard InChI is InChI=1S/C29H26ClIN2O3/c1-4-7-22-14-21(15-23(17-32)29(34)33-26-9-6-8-25(30)19(26)3)16-27(35-5-2)28(22)36-18-20-10-12-24(31)13-11-20/h4,6,8-16H,1,5,7,18H2,2-3H3,(H,33,34)/b23-15+. The summed E-state index contributed by atoms with van der Waals surface area (Å²) in [5, 5.41) is 13.0. The first-order chi connectivity index (χ1) is 17.4. The first-order valence-electron chi connectivity index (χ1n) is 11.3. The molecule has 0 saturated heterocycles. The van der Waals surface area contributed by atoms with Gasteiger partial charge in [0.15, 0.2) is 11.5 Å². The molecule has 3 aromatic carbocycles. The normalized spacial score (nSPS) is 10.9. The molecule has 0 aromatic heterocycles. The minimum atomic E-state index is -0.523. The average molecular weight is 613 g/mol. The van der Waals surface area contributed by atoms with E-state index in [1.807, 2.05) is 43.3 Å². The molecule has 0 bridgehead atoms. The number of amides is 1. The lowest BCUT2D eigenvalue weighted by Gasteiger charge is -2.17. The summed E-state index contributed by atoms with van der Waals surface area (Å²) in [5.41, 5.74) is 3.75. The predicted octanol–water partition coefficient (Wildman–Crippen LogP) is 7.50. The Hall–Kier alpha value is -3.28. The fourth-order valence-corrected chi connectivity index (χ4v) is 4.02. The number of carbonyl (C=O) groups excluding carboxylic acids is 1. The molecule has 184 valence electrons. The molecule has 0 aliphatic heterocycles. The number of carbonyl (C=O) groups is 1. The third-order valence-electron chi connectivity index (χ3n) is 5.31. The summed E-state index contributed by atoms with van der Waals surface area (Å²) in [6, 6.07) is 19.0. The fourth-order valence-electron chi connectivity index (χ4n) is 3.48. The Morgan fingerprint density at radius 1 is 1.19 bits per heavy atom. The van der Waals surface area contributed by atoms with Crippen LogP contribution in [0.15, 0.2) is 72.8 Å². The lowest BCUT2D eigenvalue weighted by Crippen LogP contribution is -2.14. The Morgan fingerprint density at radius 2 is 1.94 bits per heavy atom. The zero-order chi connectivity index (χ0) is 26.1. The third kappa shape index (κ3) is 7.12. The molecular formula is C29H26ClIN2O3. The Morgan fingerprint density at radius 3 is 2.61 bits per heavy atom. The van der Waals surface area contributed by atoms with Gasteiger partial charge in [-0.3, -0.25) is 4.79 Å². The summed E-state index contributed by atoms with van der Waals surface area (Å²) in [6.07, 6.45) is 3.84. The molecule has 0 fully saturated rings. The van der Waals surface area contributed by atoms with Crippen LogP contribution >= 0.6 is 34.2 Å². The number of nitriles is 1. The van der Waals surface area contributed by atoms with Crippen LogP contribution in [0.4, 0.5) is 5.69 Å². The van der Waals surface area contributed by atoms with Gasteiger partial charge >= 0.3 is 0 Å². The predicted molar refractivity (Wildman–Crippen MR) is 153 cm³/mol. The van der Waals surface area contributed by atoms with Crippen LogP contribution in [0, 0.1) is 21.8 Å². The number of nitrogens with zero attached hydrogens (tertiary/aromatic N) is 1. The molecule has 3 rings (SSSR count). The molecule has 0 heterocycles. The molecule has 0 aliphatic carbocycles. The monoisotopic (exact) mass is 612 g/mol. The van der Waals surface area contributed by atoms with E-state index in [0.717, 1.165) is 20.3 Å². The Balaban J connectivity index is 1.94. The maximum absolute atomic E-state index is 12.9. The van der Waals surface area contributed by atoms with E-state index in [1.54, 1.807) is 37.3 Å². The average Bonchev–Trinajstić information content (AvgIpc) is 2.86. The fraction of sp³-hybridized carbons (Fsp3) is 0.172. The van der Waals surface area contributed by atoms with Crippen molar-refractivity contribution in [3.8, 4) is 17.6 Å². The largest absolute Gasteiger partial charge is 0.490 e. The SMILES string of the molecule is C=CCc1cc(/C=C(\C#N)C(=O)Nc2cccc(Cl)c2C)cc(OCC)c1OCc1ccc(I)cc1. The molecule has 0 aliphatic rings. The number of ether oxygens (including phenoxy) is 2. The van der Waals surface area contributed by atoms with Crippen LogP contribution in [0.2, 0.25) is 5.02 Å². The van der Waals surface area contributed by atoms with Crippen molar-refractivity contribution >= 4 is 51.9 Å². The number of allylic oxidation sites excluding steroid dienone is 1. The highest BCUT2D eigenvalue weighted by Crippen LogP contribution is 2.35. The maximum Gasteiger partial charge on any atom is 0.266 e. The first-order valence-corrected chi connectivity index (χ1v) is 12.8. The van der Waals surface area contributed by atoms with Gasteiger partial charge in [-0.2, -0.15) is 5.26 Å². The van der Waals surface area contributed by atoms with Crippen molar-refractivity contribution in [2.24, 2.45) is 0 Å². The van der Waals surface area contributed by atoms with Gasteiger partial charge < -0.3 is 14.8 Å². The molecule has 0 saturated carbocycles. The van der Waals surface area contributed by atoms with Crippen molar-refractivity contribution in [1.29, 1.82) is 5.26 Å². The van der Waals surface area contributed by atoms with Crippen LogP contribution in [0.5, 0.6) is 11.5 Å². The van der Waals surface area contributed by atoms with Gasteiger partial charge in [0.05, 0.1) is 6.61 Å². The topological polar surface area (TPSA) is 71.4 Å². The van der Waals surface area contributed by atoms with Gasteiger partial charge in [0.2, 0.25) is 0 Å². The van der Waals surface area contributed by atoms with E-state index in [9.17, 15) is 10.1 Å². The van der Waals surface area contributed by atoms with E-state index in [1.165, 1.54) is 6.08 Å². The molecule has 0 spiro atoms. The van der Waals surface area contributed by atoms with E-state index < -0.39 is 5.91 Å². The van der Waals surface area contributed by atoms with Gasteiger partial charge in [-0.25, -0.2) is 0 Å². The second kappa shape index (κ2) is 13.1. The van der Waals surface area contributed by atoms with Crippen LogP contribution in [0.3, 0.4) is 0 Å². The van der Waals surface area contributed by atoms with E-state index in [0.29, 0.717) is 47.4 Å². The van der Waals surface area contributed by atoms with Crippen LogP contribution in [0.25, 0.3) is 6.08 Å². The van der Waals surface area contributed by atoms with Crippen molar-refractivity contribution in [2.75, 3.05) is 11.9 Å². The highest BCUT2D eigenvalue weighted by atomic mass is 127. The summed E-state index contributed by atoms with van der Waals surface area (Å²) in [4.78, 5) is 12.9. The Kier molecular flexibility index (Phi) is 9.97. The number of halogens is 2. The molecule has 0 unspecified atom stereocenters. The molecule has 0 atom stereocenters. The first kappa shape index (κ1) is 27.3. The summed E-state index contributed by atoms with van der Waals surface area (Å²) in [5.74, 6) is 0.632. The van der Waals surface area contributed by atoms with E-state index >= 15 is 0 Å². The molecule has 7 heteroatoms. The second-order valence-electron chi connectivity index (χ2n) is 7.88. The van der Waals surface area contributed by atoms with Gasteiger partial charge in [-0.1, -0.05) is 35.9 Å². The second-order valence-corrected chi connectivity index (χ2v) is 9.54. The molecule has 0 radical (unpaired) electrons. The minimum absolute atomic E-state index is 0.0473. The summed E-state index contributed by atoms with van der Waals surface area (Å²) in [6.45, 7) is 8.36. The van der Waals surface area contributed by atoms with Gasteiger partial charge in [-0.15, -0.1) is 6.58 Å². The highest BCUT2D eigenvalue weighted by molar-refractivity contribution is 14.1. The quantitative estimate of drug-likeness (QED) is 0.111. The lowest BCUT2D eigenvalue weighted by molar-refractivity contribution is -0.112. The summed E-state index contributed by atoms with van der Waals surface area (Å²) >= 11 is 8.42. The summed E-state index contributed by atoms with van der Waals surface area (Å²) in [7, 11) is 0. The molecule has 5 nitrogen and oxygen atoms in total. The zero-order valence-electron chi connectivity index (χ0n) is 20.1. The van der Waals surface area contributed by atoms with Crippen molar-refractivity contribution in [2.45, 2.75) is 26.9 Å². The molecular weight excluding hydrogens is 587 g/mol. The van der Waals surface area contributed by atoms with Crippen LogP contribution in [-0.4, -0.2) is 12.5 Å². The number of nitrogens with one attached hydrogen (secondary N) is 1. The molecule has 3 aromatic rings. The van der Waals surface area contributed by atoms with E-state index in [-0.39, 0.29) is 5.57 Å². The van der Waals surface area contributed by atoms with Crippen LogP contribution < -0.4 is 14.8 Å². The highest BCUT2D eigenvalue weighted by Gasteiger charge is 2.16. The zero-order valence-corrected chi connectivity index (χ0v) is 23.0. The van der Waals surface area contributed by atoms with Crippen LogP contribution in [0.1, 0.15) is 29.2 Å². The number of hydrogen-bond donors (Lipinski definition) is 1. The van der Waals surface area contributed by atoms with Crippen molar-refractivity contribution in [3.05, 3.63) is 104 Å². The van der Waals surface area contributed by atoms with Gasteiger partial charge in [0.1, 0.15) is 18.2 Å². The number of anilines is 1. The van der Waals surface area contributed by atoms with E-state index in [2.05, 4.69) is 34.5 Å². The smallest absolute Gasteiger partial charge is 0.266 e. The number of benzene rings is 3. The minimum Gasteiger partial charge on any atom is -0.490 e. The molecule has 1 N–H and O–H groups in total.